The topological polar surface area (TPSA) is 9.23 Å². The largest absolute Gasteiger partial charge is 0.385 e. The van der Waals surface area contributed by atoms with Crippen LogP contribution in [0.2, 0.25) is 0 Å². The van der Waals surface area contributed by atoms with E-state index in [0.29, 0.717) is 0 Å². The number of unbranched alkanes of at least 4 members (excludes halogenated alkanes) is 1. The summed E-state index contributed by atoms with van der Waals surface area (Å²) in [5.41, 5.74) is 1.19. The highest BCUT2D eigenvalue weighted by Gasteiger charge is 1.93. The molecule has 0 atom stereocenters. The SMILES string of the molecule is COCCCCc1ccc(F)cc1. The molecule has 0 amide bonds. The Labute approximate surface area is 78.5 Å². The lowest BCUT2D eigenvalue weighted by Crippen LogP contribution is -1.91. The van der Waals surface area contributed by atoms with Gasteiger partial charge in [0.1, 0.15) is 5.82 Å². The van der Waals surface area contributed by atoms with Gasteiger partial charge in [-0.3, -0.25) is 0 Å². The summed E-state index contributed by atoms with van der Waals surface area (Å²) < 4.78 is 17.4. The number of halogens is 1. The number of rotatable bonds is 5. The molecule has 0 spiro atoms. The predicted octanol–water partition coefficient (Wildman–Crippen LogP) is 2.79. The molecule has 0 aliphatic carbocycles. The lowest BCUT2D eigenvalue weighted by molar-refractivity contribution is 0.193. The highest BCUT2D eigenvalue weighted by Crippen LogP contribution is 2.06. The molecule has 1 nitrogen and oxygen atoms in total. The van der Waals surface area contributed by atoms with Crippen molar-refractivity contribution in [3.8, 4) is 0 Å². The smallest absolute Gasteiger partial charge is 0.123 e. The lowest BCUT2D eigenvalue weighted by atomic mass is 10.1. The molecule has 13 heavy (non-hydrogen) atoms. The highest BCUT2D eigenvalue weighted by atomic mass is 19.1. The average Bonchev–Trinajstić information content (AvgIpc) is 2.15. The Bertz CT molecular complexity index is 230. The molecule has 2 heteroatoms. The van der Waals surface area contributed by atoms with Crippen LogP contribution in [0.5, 0.6) is 0 Å². The normalized spacial score (nSPS) is 10.3. The Kier molecular flexibility index (Phi) is 4.47. The van der Waals surface area contributed by atoms with Crippen LogP contribution in [0.15, 0.2) is 24.3 Å². The first-order valence-electron chi connectivity index (χ1n) is 4.56. The van der Waals surface area contributed by atoms with E-state index in [2.05, 4.69) is 0 Å². The highest BCUT2D eigenvalue weighted by molar-refractivity contribution is 5.15. The Morgan fingerprint density at radius 2 is 1.85 bits per heavy atom. The predicted molar refractivity (Wildman–Crippen MR) is 51.2 cm³/mol. The van der Waals surface area contributed by atoms with Gasteiger partial charge in [0.2, 0.25) is 0 Å². The van der Waals surface area contributed by atoms with Gasteiger partial charge < -0.3 is 4.74 Å². The quantitative estimate of drug-likeness (QED) is 0.636. The van der Waals surface area contributed by atoms with Crippen LogP contribution < -0.4 is 0 Å². The molecule has 0 aromatic heterocycles. The Morgan fingerprint density at radius 3 is 2.46 bits per heavy atom. The van der Waals surface area contributed by atoms with Crippen molar-refractivity contribution in [3.05, 3.63) is 35.6 Å². The summed E-state index contributed by atoms with van der Waals surface area (Å²) in [6.45, 7) is 0.807. The van der Waals surface area contributed by atoms with Crippen LogP contribution in [0.3, 0.4) is 0 Å². The van der Waals surface area contributed by atoms with Gasteiger partial charge in [-0.05, 0) is 37.0 Å². The van der Waals surface area contributed by atoms with E-state index in [-0.39, 0.29) is 5.82 Å². The molecule has 0 saturated heterocycles. The third kappa shape index (κ3) is 4.04. The Morgan fingerprint density at radius 1 is 1.15 bits per heavy atom. The van der Waals surface area contributed by atoms with Crippen molar-refractivity contribution in [3.63, 3.8) is 0 Å². The summed E-state index contributed by atoms with van der Waals surface area (Å²) in [5.74, 6) is -0.166. The van der Waals surface area contributed by atoms with Gasteiger partial charge in [0.25, 0.3) is 0 Å². The van der Waals surface area contributed by atoms with Gasteiger partial charge >= 0.3 is 0 Å². The fourth-order valence-corrected chi connectivity index (χ4v) is 1.23. The minimum Gasteiger partial charge on any atom is -0.385 e. The average molecular weight is 182 g/mol. The monoisotopic (exact) mass is 182 g/mol. The molecule has 0 saturated carbocycles. The van der Waals surface area contributed by atoms with Crippen LogP contribution in [0.1, 0.15) is 18.4 Å². The Hall–Kier alpha value is -0.890. The van der Waals surface area contributed by atoms with Gasteiger partial charge in [0.15, 0.2) is 0 Å². The maximum absolute atomic E-state index is 12.5. The summed E-state index contributed by atoms with van der Waals surface area (Å²) in [6, 6.07) is 6.68. The minimum atomic E-state index is -0.166. The van der Waals surface area contributed by atoms with Crippen molar-refractivity contribution in [1.82, 2.24) is 0 Å². The number of ether oxygens (including phenoxy) is 1. The maximum atomic E-state index is 12.5. The van der Waals surface area contributed by atoms with Crippen molar-refractivity contribution in [1.29, 1.82) is 0 Å². The molecule has 0 fully saturated rings. The molecule has 0 radical (unpaired) electrons. The number of hydrogen-bond acceptors (Lipinski definition) is 1. The molecule has 1 aromatic rings. The van der Waals surface area contributed by atoms with E-state index >= 15 is 0 Å². The summed E-state index contributed by atoms with van der Waals surface area (Å²) in [6.07, 6.45) is 3.16. The number of methoxy groups -OCH3 is 1. The van der Waals surface area contributed by atoms with Crippen LogP contribution in [0.4, 0.5) is 4.39 Å². The number of benzene rings is 1. The molecule has 1 rings (SSSR count). The maximum Gasteiger partial charge on any atom is 0.123 e. The zero-order chi connectivity index (χ0) is 9.52. The van der Waals surface area contributed by atoms with Crippen LogP contribution >= 0.6 is 0 Å². The van der Waals surface area contributed by atoms with Crippen molar-refractivity contribution in [2.24, 2.45) is 0 Å². The standard InChI is InChI=1S/C11H15FO/c1-13-9-3-2-4-10-5-7-11(12)8-6-10/h5-8H,2-4,9H2,1H3. The van der Waals surface area contributed by atoms with Crippen molar-refractivity contribution >= 4 is 0 Å². The van der Waals surface area contributed by atoms with Gasteiger partial charge in [-0.15, -0.1) is 0 Å². The summed E-state index contributed by atoms with van der Waals surface area (Å²) in [7, 11) is 1.71. The first-order chi connectivity index (χ1) is 6.33. The van der Waals surface area contributed by atoms with E-state index in [1.54, 1.807) is 7.11 Å². The fourth-order valence-electron chi connectivity index (χ4n) is 1.23. The first-order valence-corrected chi connectivity index (χ1v) is 4.56. The third-order valence-electron chi connectivity index (χ3n) is 1.98. The van der Waals surface area contributed by atoms with Crippen molar-refractivity contribution in [2.75, 3.05) is 13.7 Å². The summed E-state index contributed by atoms with van der Waals surface area (Å²) >= 11 is 0. The zero-order valence-electron chi connectivity index (χ0n) is 7.92. The van der Waals surface area contributed by atoms with Crippen LogP contribution in [-0.2, 0) is 11.2 Å². The second-order valence-electron chi connectivity index (χ2n) is 3.08. The second kappa shape index (κ2) is 5.70. The van der Waals surface area contributed by atoms with E-state index in [9.17, 15) is 4.39 Å². The van der Waals surface area contributed by atoms with Crippen molar-refractivity contribution < 1.29 is 9.13 Å². The van der Waals surface area contributed by atoms with Crippen LogP contribution in [-0.4, -0.2) is 13.7 Å². The molecular weight excluding hydrogens is 167 g/mol. The molecular formula is C11H15FO. The minimum absolute atomic E-state index is 0.166. The summed E-state index contributed by atoms with van der Waals surface area (Å²) in [4.78, 5) is 0. The second-order valence-corrected chi connectivity index (χ2v) is 3.08. The van der Waals surface area contributed by atoms with Gasteiger partial charge in [-0.1, -0.05) is 12.1 Å². The van der Waals surface area contributed by atoms with E-state index < -0.39 is 0 Å². The molecule has 72 valence electrons. The van der Waals surface area contributed by atoms with Crippen molar-refractivity contribution in [2.45, 2.75) is 19.3 Å². The van der Waals surface area contributed by atoms with E-state index in [0.717, 1.165) is 25.9 Å². The molecule has 0 aliphatic rings. The lowest BCUT2D eigenvalue weighted by Gasteiger charge is -2.00. The summed E-state index contributed by atoms with van der Waals surface area (Å²) in [5, 5.41) is 0. The first kappa shape index (κ1) is 10.2. The van der Waals surface area contributed by atoms with E-state index in [1.165, 1.54) is 17.7 Å². The third-order valence-corrected chi connectivity index (χ3v) is 1.98. The number of hydrogen-bond donors (Lipinski definition) is 0. The fraction of sp³-hybridized carbons (Fsp3) is 0.455. The number of aryl methyl sites for hydroxylation is 1. The zero-order valence-corrected chi connectivity index (χ0v) is 7.92. The van der Waals surface area contributed by atoms with Gasteiger partial charge in [-0.25, -0.2) is 4.39 Å². The molecule has 0 N–H and O–H groups in total. The molecule has 0 unspecified atom stereocenters. The van der Waals surface area contributed by atoms with E-state index in [1.807, 2.05) is 12.1 Å². The molecule has 1 aromatic carbocycles. The van der Waals surface area contributed by atoms with E-state index in [4.69, 9.17) is 4.74 Å². The van der Waals surface area contributed by atoms with Crippen LogP contribution in [0, 0.1) is 5.82 Å². The molecule has 0 aliphatic heterocycles. The Balaban J connectivity index is 2.25. The molecule has 0 bridgehead atoms. The van der Waals surface area contributed by atoms with Gasteiger partial charge in [-0.2, -0.15) is 0 Å². The molecule has 0 heterocycles. The van der Waals surface area contributed by atoms with Gasteiger partial charge in [0, 0.05) is 13.7 Å². The van der Waals surface area contributed by atoms with Crippen LogP contribution in [0.25, 0.3) is 0 Å². The van der Waals surface area contributed by atoms with Gasteiger partial charge in [0.05, 0.1) is 0 Å².